The fraction of sp³-hybridized carbons (Fsp3) is 0.211. The van der Waals surface area contributed by atoms with Crippen LogP contribution < -0.4 is 10.2 Å². The third kappa shape index (κ3) is 3.54. The molecule has 0 unspecified atom stereocenters. The van der Waals surface area contributed by atoms with E-state index in [2.05, 4.69) is 71.9 Å². The number of anilines is 3. The summed E-state index contributed by atoms with van der Waals surface area (Å²) in [5.74, 6) is 0. The van der Waals surface area contributed by atoms with Crippen LogP contribution in [-0.2, 0) is 0 Å². The lowest BCUT2D eigenvalue weighted by Crippen LogP contribution is -2.08. The minimum absolute atomic E-state index is 0.915. The number of benzene rings is 2. The Hall–Kier alpha value is -2.33. The van der Waals surface area contributed by atoms with Crippen molar-refractivity contribution in [2.24, 2.45) is 0 Å². The quantitative estimate of drug-likeness (QED) is 0.712. The first kappa shape index (κ1) is 15.6. The highest BCUT2D eigenvalue weighted by Gasteiger charge is 2.08. The fourth-order valence-electron chi connectivity index (χ4n) is 2.43. The van der Waals surface area contributed by atoms with E-state index in [4.69, 9.17) is 4.98 Å². The van der Waals surface area contributed by atoms with E-state index in [1.165, 1.54) is 22.4 Å². The number of hydrogen-bond donors (Lipinski definition) is 1. The second-order valence-electron chi connectivity index (χ2n) is 5.92. The molecule has 3 aromatic rings. The van der Waals surface area contributed by atoms with Gasteiger partial charge in [0.05, 0.1) is 5.69 Å². The van der Waals surface area contributed by atoms with Crippen molar-refractivity contribution in [3.8, 4) is 11.3 Å². The van der Waals surface area contributed by atoms with Crippen LogP contribution in [0, 0.1) is 13.8 Å². The number of thiazole rings is 1. The van der Waals surface area contributed by atoms with Crippen LogP contribution in [0.2, 0.25) is 0 Å². The van der Waals surface area contributed by atoms with Gasteiger partial charge in [-0.3, -0.25) is 0 Å². The summed E-state index contributed by atoms with van der Waals surface area (Å²) in [7, 11) is 4.08. The van der Waals surface area contributed by atoms with Crippen molar-refractivity contribution in [3.63, 3.8) is 0 Å². The molecule has 0 saturated carbocycles. The van der Waals surface area contributed by atoms with E-state index >= 15 is 0 Å². The van der Waals surface area contributed by atoms with Crippen molar-refractivity contribution in [2.45, 2.75) is 13.8 Å². The summed E-state index contributed by atoms with van der Waals surface area (Å²) in [6, 6.07) is 14.8. The van der Waals surface area contributed by atoms with E-state index in [1.807, 2.05) is 14.1 Å². The Morgan fingerprint density at radius 1 is 1.00 bits per heavy atom. The van der Waals surface area contributed by atoms with Crippen molar-refractivity contribution < 1.29 is 0 Å². The predicted octanol–water partition coefficient (Wildman–Crippen LogP) is 5.24. The van der Waals surface area contributed by atoms with Gasteiger partial charge in [-0.2, -0.15) is 0 Å². The SMILES string of the molecule is Cc1ccc(C)c(-c2csc(Nc3ccc(N(C)C)cc3)n2)c1. The van der Waals surface area contributed by atoms with E-state index in [0.717, 1.165) is 16.5 Å². The molecule has 3 rings (SSSR count). The van der Waals surface area contributed by atoms with Crippen molar-refractivity contribution in [1.82, 2.24) is 4.98 Å². The minimum Gasteiger partial charge on any atom is -0.378 e. The molecule has 0 aliphatic heterocycles. The molecule has 0 bridgehead atoms. The molecule has 0 aliphatic carbocycles. The Labute approximate surface area is 141 Å². The molecule has 0 amide bonds. The molecule has 0 atom stereocenters. The molecular formula is C19H21N3S. The molecule has 0 spiro atoms. The Morgan fingerprint density at radius 3 is 2.43 bits per heavy atom. The normalized spacial score (nSPS) is 10.6. The van der Waals surface area contributed by atoms with Gasteiger partial charge in [0.15, 0.2) is 5.13 Å². The molecule has 0 radical (unpaired) electrons. The Bertz CT molecular complexity index is 804. The van der Waals surface area contributed by atoms with Crippen LogP contribution in [0.3, 0.4) is 0 Å². The second-order valence-corrected chi connectivity index (χ2v) is 6.78. The lowest BCUT2D eigenvalue weighted by atomic mass is 10.0. The molecule has 0 aliphatic rings. The number of rotatable bonds is 4. The summed E-state index contributed by atoms with van der Waals surface area (Å²) in [6.07, 6.45) is 0. The monoisotopic (exact) mass is 323 g/mol. The molecule has 23 heavy (non-hydrogen) atoms. The highest BCUT2D eigenvalue weighted by atomic mass is 32.1. The van der Waals surface area contributed by atoms with Gasteiger partial charge >= 0.3 is 0 Å². The molecule has 0 fully saturated rings. The molecule has 2 aromatic carbocycles. The van der Waals surface area contributed by atoms with E-state index in [-0.39, 0.29) is 0 Å². The maximum Gasteiger partial charge on any atom is 0.187 e. The van der Waals surface area contributed by atoms with Gasteiger partial charge in [-0.25, -0.2) is 4.98 Å². The maximum atomic E-state index is 4.73. The van der Waals surface area contributed by atoms with Crippen LogP contribution in [0.15, 0.2) is 47.8 Å². The van der Waals surface area contributed by atoms with E-state index in [9.17, 15) is 0 Å². The van der Waals surface area contributed by atoms with Gasteiger partial charge in [-0.15, -0.1) is 11.3 Å². The zero-order valence-corrected chi connectivity index (χ0v) is 14.7. The first-order valence-corrected chi connectivity index (χ1v) is 8.48. The highest BCUT2D eigenvalue weighted by Crippen LogP contribution is 2.30. The lowest BCUT2D eigenvalue weighted by Gasteiger charge is -2.12. The number of aryl methyl sites for hydroxylation is 2. The number of nitrogens with zero attached hydrogens (tertiary/aromatic N) is 2. The van der Waals surface area contributed by atoms with Gasteiger partial charge in [-0.1, -0.05) is 17.7 Å². The van der Waals surface area contributed by atoms with Crippen molar-refractivity contribution >= 4 is 27.8 Å². The molecule has 1 heterocycles. The summed E-state index contributed by atoms with van der Waals surface area (Å²) in [6.45, 7) is 4.24. The Kier molecular flexibility index (Phi) is 4.35. The van der Waals surface area contributed by atoms with Gasteiger partial charge < -0.3 is 10.2 Å². The second kappa shape index (κ2) is 6.42. The van der Waals surface area contributed by atoms with E-state index in [1.54, 1.807) is 11.3 Å². The van der Waals surface area contributed by atoms with Gasteiger partial charge in [0.2, 0.25) is 0 Å². The third-order valence-corrected chi connectivity index (χ3v) is 4.57. The highest BCUT2D eigenvalue weighted by molar-refractivity contribution is 7.14. The summed E-state index contributed by atoms with van der Waals surface area (Å²) < 4.78 is 0. The van der Waals surface area contributed by atoms with Crippen molar-refractivity contribution in [1.29, 1.82) is 0 Å². The first-order valence-electron chi connectivity index (χ1n) is 7.60. The largest absolute Gasteiger partial charge is 0.378 e. The number of nitrogens with one attached hydrogen (secondary N) is 1. The summed E-state index contributed by atoms with van der Waals surface area (Å²) >= 11 is 1.63. The molecule has 118 valence electrons. The maximum absolute atomic E-state index is 4.73. The molecule has 3 nitrogen and oxygen atoms in total. The average Bonchev–Trinajstić information content (AvgIpc) is 2.98. The van der Waals surface area contributed by atoms with Crippen LogP contribution in [0.1, 0.15) is 11.1 Å². The first-order chi connectivity index (χ1) is 11.0. The van der Waals surface area contributed by atoms with Gasteiger partial charge in [0, 0.05) is 36.4 Å². The molecule has 4 heteroatoms. The van der Waals surface area contributed by atoms with E-state index < -0.39 is 0 Å². The van der Waals surface area contributed by atoms with Crippen LogP contribution in [0.5, 0.6) is 0 Å². The van der Waals surface area contributed by atoms with Crippen LogP contribution >= 0.6 is 11.3 Å². The van der Waals surface area contributed by atoms with Crippen LogP contribution in [0.25, 0.3) is 11.3 Å². The predicted molar refractivity (Wildman–Crippen MR) is 101 cm³/mol. The molecule has 1 aromatic heterocycles. The van der Waals surface area contributed by atoms with E-state index in [0.29, 0.717) is 0 Å². The topological polar surface area (TPSA) is 28.2 Å². The molecule has 1 N–H and O–H groups in total. The van der Waals surface area contributed by atoms with Gasteiger partial charge in [-0.05, 0) is 49.7 Å². The summed E-state index contributed by atoms with van der Waals surface area (Å²) in [5.41, 5.74) is 6.99. The van der Waals surface area contributed by atoms with Crippen LogP contribution in [0.4, 0.5) is 16.5 Å². The standard InChI is InChI=1S/C19H21N3S/c1-13-5-6-14(2)17(11-13)18-12-23-19(21-18)20-15-7-9-16(10-8-15)22(3)4/h5-12H,1-4H3,(H,20,21). The van der Waals surface area contributed by atoms with Gasteiger partial charge in [0.1, 0.15) is 0 Å². The van der Waals surface area contributed by atoms with Crippen LogP contribution in [-0.4, -0.2) is 19.1 Å². The number of hydrogen-bond acceptors (Lipinski definition) is 4. The zero-order valence-electron chi connectivity index (χ0n) is 13.9. The number of aromatic nitrogens is 1. The Morgan fingerprint density at radius 2 is 1.74 bits per heavy atom. The van der Waals surface area contributed by atoms with Crippen molar-refractivity contribution in [2.75, 3.05) is 24.3 Å². The van der Waals surface area contributed by atoms with Gasteiger partial charge in [0.25, 0.3) is 0 Å². The molecular weight excluding hydrogens is 302 g/mol. The Balaban J connectivity index is 1.80. The lowest BCUT2D eigenvalue weighted by molar-refractivity contribution is 1.13. The smallest absolute Gasteiger partial charge is 0.187 e. The third-order valence-electron chi connectivity index (χ3n) is 3.81. The zero-order chi connectivity index (χ0) is 16.4. The summed E-state index contributed by atoms with van der Waals surface area (Å²) in [4.78, 5) is 6.82. The average molecular weight is 323 g/mol. The summed E-state index contributed by atoms with van der Waals surface area (Å²) in [5, 5.41) is 6.41. The minimum atomic E-state index is 0.915. The molecule has 0 saturated heterocycles. The van der Waals surface area contributed by atoms with Crippen molar-refractivity contribution in [3.05, 3.63) is 59.0 Å². The fourth-order valence-corrected chi connectivity index (χ4v) is 3.16.